The highest BCUT2D eigenvalue weighted by Crippen LogP contribution is 2.39. The van der Waals surface area contributed by atoms with Crippen LogP contribution in [-0.4, -0.2) is 57.8 Å². The average molecular weight is 441 g/mol. The average Bonchev–Trinajstić information content (AvgIpc) is 2.58. The first-order valence-electron chi connectivity index (χ1n) is 10.3. The third-order valence-corrected chi connectivity index (χ3v) is 6.78. The number of carbonyl (C=O) groups is 1. The molecule has 1 heterocycles. The zero-order chi connectivity index (χ0) is 19.4. The second kappa shape index (κ2) is 12.0. The summed E-state index contributed by atoms with van der Waals surface area (Å²) in [5, 5.41) is 27.6. The van der Waals surface area contributed by atoms with Crippen molar-refractivity contribution in [3.8, 4) is 0 Å². The summed E-state index contributed by atoms with van der Waals surface area (Å²) in [5.41, 5.74) is 5.62. The number of carboxylic acids is 1. The van der Waals surface area contributed by atoms with Crippen LogP contribution < -0.4 is 5.73 Å². The van der Waals surface area contributed by atoms with Gasteiger partial charge in [0.2, 0.25) is 0 Å². The number of nitrogens with zero attached hydrogens (tertiary/aromatic N) is 1. The van der Waals surface area contributed by atoms with Gasteiger partial charge in [-0.25, -0.2) is 0 Å². The van der Waals surface area contributed by atoms with Crippen molar-refractivity contribution in [1.82, 2.24) is 4.90 Å². The molecule has 0 aromatic carbocycles. The van der Waals surface area contributed by atoms with Crippen molar-refractivity contribution in [2.75, 3.05) is 13.1 Å². The summed E-state index contributed by atoms with van der Waals surface area (Å²) in [4.78, 5) is 14.4. The number of hydrogen-bond donors (Lipinski definition) is 4. The van der Waals surface area contributed by atoms with Crippen LogP contribution in [0.15, 0.2) is 0 Å². The Hall–Kier alpha value is -0.0451. The number of piperidine rings is 1. The van der Waals surface area contributed by atoms with Crippen LogP contribution in [0.3, 0.4) is 0 Å². The molecule has 0 radical (unpaired) electrons. The van der Waals surface area contributed by atoms with E-state index in [9.17, 15) is 9.90 Å². The maximum atomic E-state index is 11.9. The Balaban J connectivity index is 0.00000364. The van der Waals surface area contributed by atoms with E-state index in [4.69, 9.17) is 15.8 Å². The SMILES string of the molecule is CC1(C)CCC(N2CCC(C(N)(CCCCB(O)O)C(=O)O)CC2)CC1.Cl.Cl. The van der Waals surface area contributed by atoms with Crippen LogP contribution in [0.2, 0.25) is 6.32 Å². The lowest BCUT2D eigenvalue weighted by molar-refractivity contribution is -0.147. The lowest BCUT2D eigenvalue weighted by Crippen LogP contribution is -2.57. The Bertz CT molecular complexity index is 467. The third-order valence-electron chi connectivity index (χ3n) is 6.78. The second-order valence-corrected chi connectivity index (χ2v) is 9.28. The molecule has 2 rings (SSSR count). The molecule has 166 valence electrons. The van der Waals surface area contributed by atoms with Crippen LogP contribution in [0.1, 0.15) is 71.6 Å². The number of rotatable bonds is 8. The molecule has 5 N–H and O–H groups in total. The molecule has 1 saturated carbocycles. The van der Waals surface area contributed by atoms with Gasteiger partial charge < -0.3 is 25.8 Å². The molecule has 28 heavy (non-hydrogen) atoms. The minimum Gasteiger partial charge on any atom is -0.480 e. The van der Waals surface area contributed by atoms with Gasteiger partial charge in [-0.1, -0.05) is 26.7 Å². The highest BCUT2D eigenvalue weighted by molar-refractivity contribution is 6.40. The van der Waals surface area contributed by atoms with Gasteiger partial charge in [0.25, 0.3) is 0 Å². The number of likely N-dealkylation sites (tertiary alicyclic amines) is 1. The first kappa shape index (κ1) is 28.0. The van der Waals surface area contributed by atoms with Gasteiger partial charge in [0.1, 0.15) is 5.54 Å². The second-order valence-electron chi connectivity index (χ2n) is 9.28. The number of nitrogens with two attached hydrogens (primary N) is 1. The summed E-state index contributed by atoms with van der Waals surface area (Å²) in [6.07, 6.45) is 8.56. The first-order chi connectivity index (χ1) is 12.1. The van der Waals surface area contributed by atoms with E-state index in [2.05, 4.69) is 18.7 Å². The zero-order valence-electron chi connectivity index (χ0n) is 17.3. The van der Waals surface area contributed by atoms with Crippen LogP contribution in [0.5, 0.6) is 0 Å². The van der Waals surface area contributed by atoms with Crippen molar-refractivity contribution in [2.24, 2.45) is 17.1 Å². The Morgan fingerprint density at radius 3 is 2.11 bits per heavy atom. The minimum absolute atomic E-state index is 0. The van der Waals surface area contributed by atoms with Crippen LogP contribution in [0.4, 0.5) is 0 Å². The number of carboxylic acid groups (broad SMARTS) is 1. The number of halogens is 2. The molecule has 1 atom stereocenters. The quantitative estimate of drug-likeness (QED) is 0.341. The summed E-state index contributed by atoms with van der Waals surface area (Å²) in [7, 11) is -1.32. The highest BCUT2D eigenvalue weighted by atomic mass is 35.5. The smallest absolute Gasteiger partial charge is 0.451 e. The van der Waals surface area contributed by atoms with Gasteiger partial charge in [-0.05, 0) is 75.7 Å². The number of aliphatic carboxylic acids is 1. The lowest BCUT2D eigenvalue weighted by Gasteiger charge is -2.45. The van der Waals surface area contributed by atoms with Gasteiger partial charge in [0.05, 0.1) is 0 Å². The first-order valence-corrected chi connectivity index (χ1v) is 10.3. The van der Waals surface area contributed by atoms with Crippen LogP contribution in [-0.2, 0) is 4.79 Å². The zero-order valence-corrected chi connectivity index (χ0v) is 18.9. The summed E-state index contributed by atoms with van der Waals surface area (Å²) in [6, 6.07) is 0.645. The summed E-state index contributed by atoms with van der Waals surface area (Å²) in [5.74, 6) is -0.921. The van der Waals surface area contributed by atoms with Crippen molar-refractivity contribution in [1.29, 1.82) is 0 Å². The monoisotopic (exact) mass is 440 g/mol. The van der Waals surface area contributed by atoms with Gasteiger partial charge in [-0.3, -0.25) is 4.79 Å². The maximum absolute atomic E-state index is 11.9. The van der Waals surface area contributed by atoms with Crippen molar-refractivity contribution in [2.45, 2.75) is 89.5 Å². The fourth-order valence-electron chi connectivity index (χ4n) is 4.76. The Morgan fingerprint density at radius 2 is 1.64 bits per heavy atom. The molecule has 6 nitrogen and oxygen atoms in total. The molecule has 0 aromatic heterocycles. The topological polar surface area (TPSA) is 107 Å². The summed E-state index contributed by atoms with van der Waals surface area (Å²) in [6.45, 7) is 6.58. The van der Waals surface area contributed by atoms with Crippen LogP contribution in [0, 0.1) is 11.3 Å². The lowest BCUT2D eigenvalue weighted by atomic mass is 9.72. The van der Waals surface area contributed by atoms with Gasteiger partial charge in [0, 0.05) is 6.04 Å². The number of unbranched alkanes of at least 4 members (excludes halogenated alkanes) is 1. The molecule has 1 aliphatic heterocycles. The van der Waals surface area contributed by atoms with E-state index in [0.29, 0.717) is 30.7 Å². The molecule has 0 bridgehead atoms. The van der Waals surface area contributed by atoms with Crippen molar-refractivity contribution in [3.63, 3.8) is 0 Å². The Morgan fingerprint density at radius 1 is 1.11 bits per heavy atom. The van der Waals surface area contributed by atoms with E-state index < -0.39 is 18.6 Å². The highest BCUT2D eigenvalue weighted by Gasteiger charge is 2.44. The van der Waals surface area contributed by atoms with Crippen molar-refractivity contribution >= 4 is 37.9 Å². The molecule has 1 unspecified atom stereocenters. The van der Waals surface area contributed by atoms with Crippen LogP contribution >= 0.6 is 24.8 Å². The predicted octanol–water partition coefficient (Wildman–Crippen LogP) is 2.94. The van der Waals surface area contributed by atoms with E-state index >= 15 is 0 Å². The van der Waals surface area contributed by atoms with Crippen LogP contribution in [0.25, 0.3) is 0 Å². The van der Waals surface area contributed by atoms with E-state index in [0.717, 1.165) is 25.9 Å². The van der Waals surface area contributed by atoms with Gasteiger partial charge in [0.15, 0.2) is 0 Å². The molecule has 0 spiro atoms. The van der Waals surface area contributed by atoms with Crippen molar-refractivity contribution in [3.05, 3.63) is 0 Å². The van der Waals surface area contributed by atoms with E-state index in [1.165, 1.54) is 25.7 Å². The normalized spacial score (nSPS) is 23.2. The molecule has 1 aliphatic carbocycles. The molecule has 1 saturated heterocycles. The Labute approximate surface area is 182 Å². The predicted molar refractivity (Wildman–Crippen MR) is 118 cm³/mol. The van der Waals surface area contributed by atoms with Gasteiger partial charge in [-0.2, -0.15) is 0 Å². The number of hydrogen-bond acceptors (Lipinski definition) is 5. The van der Waals surface area contributed by atoms with E-state index in [1.807, 2.05) is 0 Å². The largest absolute Gasteiger partial charge is 0.480 e. The fraction of sp³-hybridized carbons (Fsp3) is 0.947. The molecule has 2 fully saturated rings. The standard InChI is InChI=1S/C19H37BN2O4.2ClH/c1-18(2)10-5-16(6-11-18)22-13-7-15(8-14-22)19(21,17(23)24)9-3-4-12-20(25)26;;/h15-16,25-26H,3-14,21H2,1-2H3,(H,23,24);2*1H. The van der Waals surface area contributed by atoms with E-state index in [-0.39, 0.29) is 37.1 Å². The fourth-order valence-corrected chi connectivity index (χ4v) is 4.76. The maximum Gasteiger partial charge on any atom is 0.451 e. The van der Waals surface area contributed by atoms with Gasteiger partial charge in [-0.15, -0.1) is 24.8 Å². The molecule has 0 aromatic rings. The molecule has 0 amide bonds. The van der Waals surface area contributed by atoms with E-state index in [1.54, 1.807) is 0 Å². The summed E-state index contributed by atoms with van der Waals surface area (Å²) < 4.78 is 0. The van der Waals surface area contributed by atoms with Gasteiger partial charge >= 0.3 is 13.1 Å². The third kappa shape index (κ3) is 7.65. The summed E-state index contributed by atoms with van der Waals surface area (Å²) >= 11 is 0. The Kier molecular flexibility index (Phi) is 11.9. The molecule has 9 heteroatoms. The molecular formula is C19H39BCl2N2O4. The minimum atomic E-state index is -1.32. The molecular weight excluding hydrogens is 402 g/mol. The van der Waals surface area contributed by atoms with Crippen molar-refractivity contribution < 1.29 is 19.9 Å². The molecule has 2 aliphatic rings.